The third-order valence-electron chi connectivity index (χ3n) is 6.00. The molecule has 8 heteroatoms. The van der Waals surface area contributed by atoms with Crippen LogP contribution in [0.15, 0.2) is 73.4 Å². The fourth-order valence-electron chi connectivity index (χ4n) is 4.25. The van der Waals surface area contributed by atoms with Gasteiger partial charge in [0, 0.05) is 50.0 Å². The predicted molar refractivity (Wildman–Crippen MR) is 129 cm³/mol. The normalized spacial score (nSPS) is 14.1. The number of amides is 2. The number of anilines is 1. The summed E-state index contributed by atoms with van der Waals surface area (Å²) in [4.78, 5) is 34.6. The molecule has 0 bridgehead atoms. The monoisotopic (exact) mass is 455 g/mol. The lowest BCUT2D eigenvalue weighted by atomic mass is 9.98. The number of ether oxygens (including phenoxy) is 1. The molecule has 0 unspecified atom stereocenters. The molecule has 3 heterocycles. The number of pyridine rings is 1. The Hall–Kier alpha value is -4.04. The zero-order valence-corrected chi connectivity index (χ0v) is 18.6. The van der Waals surface area contributed by atoms with Crippen LogP contribution in [0.3, 0.4) is 0 Å². The van der Waals surface area contributed by atoms with Gasteiger partial charge in [0.05, 0.1) is 12.0 Å². The van der Waals surface area contributed by atoms with Crippen LogP contribution in [-0.4, -0.2) is 45.6 Å². The Kier molecular flexibility index (Phi) is 6.31. The molecule has 1 aliphatic rings. The van der Waals surface area contributed by atoms with Crippen LogP contribution < -0.4 is 10.6 Å². The van der Waals surface area contributed by atoms with E-state index in [2.05, 4.69) is 20.6 Å². The first-order chi connectivity index (χ1) is 16.7. The van der Waals surface area contributed by atoms with Crippen molar-refractivity contribution in [2.75, 3.05) is 18.5 Å². The summed E-state index contributed by atoms with van der Waals surface area (Å²) >= 11 is 0. The molecule has 2 aromatic carbocycles. The first-order valence-corrected chi connectivity index (χ1v) is 11.3. The third kappa shape index (κ3) is 4.67. The number of benzene rings is 2. The fourth-order valence-corrected chi connectivity index (χ4v) is 4.25. The van der Waals surface area contributed by atoms with Crippen molar-refractivity contribution in [2.24, 2.45) is 0 Å². The van der Waals surface area contributed by atoms with Gasteiger partial charge in [0.25, 0.3) is 11.8 Å². The van der Waals surface area contributed by atoms with Gasteiger partial charge in [0.1, 0.15) is 0 Å². The third-order valence-corrected chi connectivity index (χ3v) is 6.00. The van der Waals surface area contributed by atoms with E-state index in [9.17, 15) is 9.59 Å². The van der Waals surface area contributed by atoms with Crippen molar-refractivity contribution in [1.29, 1.82) is 0 Å². The number of nitrogens with one attached hydrogen (secondary N) is 2. The van der Waals surface area contributed by atoms with Gasteiger partial charge in [-0.1, -0.05) is 30.3 Å². The largest absolute Gasteiger partial charge is 0.381 e. The van der Waals surface area contributed by atoms with Crippen molar-refractivity contribution in [3.8, 4) is 0 Å². The Balaban J connectivity index is 1.40. The molecular weight excluding hydrogens is 430 g/mol. The van der Waals surface area contributed by atoms with Crippen LogP contribution in [-0.2, 0) is 11.3 Å². The average Bonchev–Trinajstić information content (AvgIpc) is 3.38. The molecule has 8 nitrogen and oxygen atoms in total. The Bertz CT molecular complexity index is 1310. The highest BCUT2D eigenvalue weighted by Gasteiger charge is 2.21. The van der Waals surface area contributed by atoms with Crippen molar-refractivity contribution in [1.82, 2.24) is 19.9 Å². The standard InChI is InChI=1S/C26H25N5O3/c32-25(30-23-6-3-11-28-24(23)26(33)29-19-9-14-34-15-10-19)22-8-7-18(16-31-13-12-27-17-31)20-4-1-2-5-21(20)22/h1-8,11-13,17,19H,9-10,14-16H2,(H,29,33)(H,30,32). The molecule has 2 N–H and O–H groups in total. The van der Waals surface area contributed by atoms with Gasteiger partial charge in [0.15, 0.2) is 5.69 Å². The summed E-state index contributed by atoms with van der Waals surface area (Å²) in [5.41, 5.74) is 2.19. The van der Waals surface area contributed by atoms with Crippen molar-refractivity contribution < 1.29 is 14.3 Å². The van der Waals surface area contributed by atoms with E-state index in [-0.39, 0.29) is 23.6 Å². The SMILES string of the molecule is O=C(NC1CCOCC1)c1ncccc1NC(=O)c1ccc(Cn2ccnc2)c2ccccc12. The Morgan fingerprint density at radius 1 is 0.971 bits per heavy atom. The van der Waals surface area contributed by atoms with Gasteiger partial charge in [-0.2, -0.15) is 0 Å². The number of hydrogen-bond donors (Lipinski definition) is 2. The highest BCUT2D eigenvalue weighted by Crippen LogP contribution is 2.25. The molecule has 1 saturated heterocycles. The highest BCUT2D eigenvalue weighted by atomic mass is 16.5. The number of rotatable bonds is 6. The minimum Gasteiger partial charge on any atom is -0.381 e. The minimum absolute atomic E-state index is 0.0405. The topological polar surface area (TPSA) is 98.1 Å². The van der Waals surface area contributed by atoms with Crippen LogP contribution in [0.2, 0.25) is 0 Å². The Morgan fingerprint density at radius 2 is 1.79 bits per heavy atom. The quantitative estimate of drug-likeness (QED) is 0.463. The molecule has 0 atom stereocenters. The molecule has 0 spiro atoms. The summed E-state index contributed by atoms with van der Waals surface area (Å²) in [6.45, 7) is 1.91. The Labute approximate surface area is 197 Å². The van der Waals surface area contributed by atoms with Gasteiger partial charge < -0.3 is 19.9 Å². The summed E-state index contributed by atoms with van der Waals surface area (Å²) in [7, 11) is 0. The molecule has 0 radical (unpaired) electrons. The minimum atomic E-state index is -0.302. The second-order valence-corrected chi connectivity index (χ2v) is 8.27. The van der Waals surface area contributed by atoms with Crippen molar-refractivity contribution in [3.63, 3.8) is 0 Å². The highest BCUT2D eigenvalue weighted by molar-refractivity contribution is 6.15. The number of imidazole rings is 1. The average molecular weight is 456 g/mol. The van der Waals surface area contributed by atoms with Gasteiger partial charge in [-0.15, -0.1) is 0 Å². The van der Waals surface area contributed by atoms with Gasteiger partial charge in [0.2, 0.25) is 0 Å². The van der Waals surface area contributed by atoms with E-state index in [0.717, 1.165) is 29.2 Å². The van der Waals surface area contributed by atoms with Crippen LogP contribution in [0.1, 0.15) is 39.3 Å². The predicted octanol–water partition coefficient (Wildman–Crippen LogP) is 3.64. The molecule has 2 amide bonds. The summed E-state index contributed by atoms with van der Waals surface area (Å²) < 4.78 is 7.34. The second-order valence-electron chi connectivity index (χ2n) is 8.27. The molecule has 5 rings (SSSR count). The van der Waals surface area contributed by atoms with Crippen LogP contribution in [0.25, 0.3) is 10.8 Å². The number of aromatic nitrogens is 3. The summed E-state index contributed by atoms with van der Waals surface area (Å²) in [6.07, 6.45) is 8.49. The summed E-state index contributed by atoms with van der Waals surface area (Å²) in [6, 6.07) is 15.0. The lowest BCUT2D eigenvalue weighted by Crippen LogP contribution is -2.39. The number of carbonyl (C=O) groups excluding carboxylic acids is 2. The first-order valence-electron chi connectivity index (χ1n) is 11.3. The van der Waals surface area contributed by atoms with Crippen LogP contribution in [0.5, 0.6) is 0 Å². The number of fused-ring (bicyclic) bond motifs is 1. The molecule has 34 heavy (non-hydrogen) atoms. The summed E-state index contributed by atoms with van der Waals surface area (Å²) in [5, 5.41) is 7.74. The van der Waals surface area contributed by atoms with E-state index in [1.165, 1.54) is 0 Å². The molecule has 0 aliphatic carbocycles. The number of nitrogens with zero attached hydrogens (tertiary/aromatic N) is 3. The van der Waals surface area contributed by atoms with E-state index in [4.69, 9.17) is 4.74 Å². The molecule has 1 fully saturated rings. The van der Waals surface area contributed by atoms with E-state index < -0.39 is 0 Å². The zero-order valence-electron chi connectivity index (χ0n) is 18.6. The number of hydrogen-bond acceptors (Lipinski definition) is 5. The molecule has 2 aromatic heterocycles. The molecule has 4 aromatic rings. The van der Waals surface area contributed by atoms with Gasteiger partial charge in [-0.25, -0.2) is 9.97 Å². The number of carbonyl (C=O) groups is 2. The maximum Gasteiger partial charge on any atom is 0.272 e. The smallest absolute Gasteiger partial charge is 0.272 e. The van der Waals surface area contributed by atoms with Gasteiger partial charge in [-0.05, 0) is 47.4 Å². The van der Waals surface area contributed by atoms with Crippen molar-refractivity contribution >= 4 is 28.3 Å². The molecule has 172 valence electrons. The zero-order chi connectivity index (χ0) is 23.3. The van der Waals surface area contributed by atoms with Crippen LogP contribution >= 0.6 is 0 Å². The van der Waals surface area contributed by atoms with Gasteiger partial charge >= 0.3 is 0 Å². The van der Waals surface area contributed by atoms with Crippen LogP contribution in [0.4, 0.5) is 5.69 Å². The lowest BCUT2D eigenvalue weighted by molar-refractivity contribution is 0.0694. The van der Waals surface area contributed by atoms with E-state index >= 15 is 0 Å². The maximum absolute atomic E-state index is 13.3. The second kappa shape index (κ2) is 9.84. The van der Waals surface area contributed by atoms with E-state index in [1.807, 2.05) is 47.2 Å². The maximum atomic E-state index is 13.3. The molecular formula is C26H25N5O3. The van der Waals surface area contributed by atoms with E-state index in [1.54, 1.807) is 30.9 Å². The Morgan fingerprint density at radius 3 is 2.59 bits per heavy atom. The first kappa shape index (κ1) is 21.8. The molecule has 1 aliphatic heterocycles. The van der Waals surface area contributed by atoms with Gasteiger partial charge in [-0.3, -0.25) is 9.59 Å². The lowest BCUT2D eigenvalue weighted by Gasteiger charge is -2.23. The van der Waals surface area contributed by atoms with E-state index in [0.29, 0.717) is 31.0 Å². The van der Waals surface area contributed by atoms with Crippen molar-refractivity contribution in [3.05, 3.63) is 90.3 Å². The fraction of sp³-hybridized carbons (Fsp3) is 0.231. The van der Waals surface area contributed by atoms with Crippen LogP contribution in [0, 0.1) is 0 Å². The summed E-state index contributed by atoms with van der Waals surface area (Å²) in [5.74, 6) is -0.596. The van der Waals surface area contributed by atoms with Crippen molar-refractivity contribution in [2.45, 2.75) is 25.4 Å². The molecule has 0 saturated carbocycles.